The summed E-state index contributed by atoms with van der Waals surface area (Å²) in [7, 11) is 0. The van der Waals surface area contributed by atoms with Gasteiger partial charge in [0.15, 0.2) is 0 Å². The second-order valence-corrected chi connectivity index (χ2v) is 5.33. The molecule has 1 unspecified atom stereocenters. The highest BCUT2D eigenvalue weighted by Crippen LogP contribution is 2.55. The van der Waals surface area contributed by atoms with Gasteiger partial charge >= 0.3 is 0 Å². The third-order valence-electron chi connectivity index (χ3n) is 4.46. The highest BCUT2D eigenvalue weighted by Gasteiger charge is 2.48. The number of hydrogen-bond acceptors (Lipinski definition) is 1. The van der Waals surface area contributed by atoms with Gasteiger partial charge in [-0.15, -0.1) is 0 Å². The number of hydrogen-bond donors (Lipinski definition) is 1. The second kappa shape index (κ2) is 2.60. The summed E-state index contributed by atoms with van der Waals surface area (Å²) < 4.78 is 0. The Morgan fingerprint density at radius 2 is 2.08 bits per heavy atom. The van der Waals surface area contributed by atoms with Gasteiger partial charge in [0.05, 0.1) is 6.10 Å². The molecule has 0 amide bonds. The van der Waals surface area contributed by atoms with Gasteiger partial charge in [-0.25, -0.2) is 0 Å². The van der Waals surface area contributed by atoms with Gasteiger partial charge in [0.1, 0.15) is 0 Å². The van der Waals surface area contributed by atoms with Gasteiger partial charge in [0.25, 0.3) is 0 Å². The first-order valence-corrected chi connectivity index (χ1v) is 5.59. The van der Waals surface area contributed by atoms with Crippen LogP contribution in [0.15, 0.2) is 11.6 Å². The van der Waals surface area contributed by atoms with Crippen molar-refractivity contribution in [2.45, 2.75) is 38.7 Å². The van der Waals surface area contributed by atoms with Crippen LogP contribution in [-0.4, -0.2) is 11.2 Å². The molecule has 1 nitrogen and oxygen atoms in total. The van der Waals surface area contributed by atoms with Crippen LogP contribution in [0.5, 0.6) is 0 Å². The molecule has 0 aromatic carbocycles. The van der Waals surface area contributed by atoms with Crippen LogP contribution in [0.1, 0.15) is 32.6 Å². The van der Waals surface area contributed by atoms with Crippen molar-refractivity contribution in [3.63, 3.8) is 0 Å². The molecule has 1 heteroatoms. The molecular weight excluding hydrogens is 160 g/mol. The molecule has 0 spiro atoms. The van der Waals surface area contributed by atoms with Crippen LogP contribution in [0, 0.1) is 23.7 Å². The monoisotopic (exact) mass is 178 g/mol. The molecule has 0 aromatic heterocycles. The first-order chi connectivity index (χ1) is 6.24. The van der Waals surface area contributed by atoms with Crippen molar-refractivity contribution in [1.29, 1.82) is 0 Å². The minimum Gasteiger partial charge on any atom is -0.393 e. The van der Waals surface area contributed by atoms with Crippen LogP contribution in [0.4, 0.5) is 0 Å². The van der Waals surface area contributed by atoms with E-state index in [0.29, 0.717) is 0 Å². The largest absolute Gasteiger partial charge is 0.393 e. The summed E-state index contributed by atoms with van der Waals surface area (Å²) in [5.74, 6) is 3.49. The molecule has 2 fully saturated rings. The zero-order valence-electron chi connectivity index (χ0n) is 8.24. The molecule has 0 aliphatic heterocycles. The van der Waals surface area contributed by atoms with Crippen molar-refractivity contribution in [1.82, 2.24) is 0 Å². The average Bonchev–Trinajstić information content (AvgIpc) is 2.60. The van der Waals surface area contributed by atoms with Crippen LogP contribution >= 0.6 is 0 Å². The normalized spacial score (nSPS) is 53.4. The Bertz CT molecular complexity index is 256. The van der Waals surface area contributed by atoms with Crippen molar-refractivity contribution in [2.24, 2.45) is 23.7 Å². The van der Waals surface area contributed by atoms with Gasteiger partial charge < -0.3 is 5.11 Å². The van der Waals surface area contributed by atoms with Crippen LogP contribution in [0.2, 0.25) is 0 Å². The number of fused-ring (bicyclic) bond motifs is 3. The van der Waals surface area contributed by atoms with E-state index in [1.165, 1.54) is 12.8 Å². The van der Waals surface area contributed by atoms with Gasteiger partial charge in [0, 0.05) is 0 Å². The van der Waals surface area contributed by atoms with Crippen LogP contribution < -0.4 is 0 Å². The van der Waals surface area contributed by atoms with E-state index < -0.39 is 0 Å². The Morgan fingerprint density at radius 1 is 1.23 bits per heavy atom. The molecule has 0 radical (unpaired) electrons. The number of aliphatic hydroxyl groups is 1. The summed E-state index contributed by atoms with van der Waals surface area (Å²) in [6.07, 6.45) is 7.38. The Labute approximate surface area is 79.8 Å². The number of rotatable bonds is 0. The van der Waals surface area contributed by atoms with E-state index in [-0.39, 0.29) is 6.10 Å². The molecule has 0 aromatic rings. The Hall–Kier alpha value is -0.300. The third kappa shape index (κ3) is 1.10. The van der Waals surface area contributed by atoms with Gasteiger partial charge in [-0.05, 0) is 56.3 Å². The molecule has 2 saturated carbocycles. The first kappa shape index (κ1) is 8.05. The maximum atomic E-state index is 9.60. The van der Waals surface area contributed by atoms with Crippen molar-refractivity contribution >= 4 is 0 Å². The Kier molecular flexibility index (Phi) is 1.61. The SMILES string of the molecule is CC1=C[C@H]2C[C@H]3CC(O)C[C@H]3[C@H]2C1. The molecular formula is C12H18O. The maximum absolute atomic E-state index is 9.60. The molecule has 0 saturated heterocycles. The molecule has 13 heavy (non-hydrogen) atoms. The zero-order chi connectivity index (χ0) is 9.00. The van der Waals surface area contributed by atoms with Crippen molar-refractivity contribution in [2.75, 3.05) is 0 Å². The number of allylic oxidation sites excluding steroid dienone is 2. The summed E-state index contributed by atoms with van der Waals surface area (Å²) in [5, 5.41) is 9.60. The van der Waals surface area contributed by atoms with E-state index in [2.05, 4.69) is 13.0 Å². The minimum absolute atomic E-state index is 0.0249. The fraction of sp³-hybridized carbons (Fsp3) is 0.833. The van der Waals surface area contributed by atoms with Gasteiger partial charge in [-0.3, -0.25) is 0 Å². The summed E-state index contributed by atoms with van der Waals surface area (Å²) >= 11 is 0. The van der Waals surface area contributed by atoms with Crippen molar-refractivity contribution in [3.05, 3.63) is 11.6 Å². The first-order valence-electron chi connectivity index (χ1n) is 5.59. The van der Waals surface area contributed by atoms with Crippen LogP contribution in [0.25, 0.3) is 0 Å². The van der Waals surface area contributed by atoms with E-state index in [1.54, 1.807) is 5.57 Å². The molecule has 0 bridgehead atoms. The molecule has 1 N–H and O–H groups in total. The van der Waals surface area contributed by atoms with E-state index in [9.17, 15) is 5.11 Å². The molecule has 3 aliphatic rings. The van der Waals surface area contributed by atoms with Crippen LogP contribution in [-0.2, 0) is 0 Å². The number of aliphatic hydroxyl groups excluding tert-OH is 1. The fourth-order valence-corrected chi connectivity index (χ4v) is 4.06. The summed E-state index contributed by atoms with van der Waals surface area (Å²) in [6, 6.07) is 0. The lowest BCUT2D eigenvalue weighted by molar-refractivity contribution is 0.164. The third-order valence-corrected chi connectivity index (χ3v) is 4.46. The second-order valence-electron chi connectivity index (χ2n) is 5.33. The molecule has 0 heterocycles. The highest BCUT2D eigenvalue weighted by molar-refractivity contribution is 5.17. The van der Waals surface area contributed by atoms with Crippen molar-refractivity contribution < 1.29 is 5.11 Å². The average molecular weight is 178 g/mol. The lowest BCUT2D eigenvalue weighted by atomic mass is 9.88. The standard InChI is InChI=1S/C12H18O/c1-7-2-8-4-9-5-10(13)6-12(9)11(8)3-7/h2,8-13H,3-6H2,1H3/t8-,9-,10?,11-,12+/m0/s1. The van der Waals surface area contributed by atoms with Gasteiger partial charge in [-0.1, -0.05) is 11.6 Å². The lowest BCUT2D eigenvalue weighted by Gasteiger charge is -2.17. The quantitative estimate of drug-likeness (QED) is 0.565. The van der Waals surface area contributed by atoms with E-state index >= 15 is 0 Å². The van der Waals surface area contributed by atoms with Crippen molar-refractivity contribution in [3.8, 4) is 0 Å². The summed E-state index contributed by atoms with van der Waals surface area (Å²) in [6.45, 7) is 2.26. The van der Waals surface area contributed by atoms with E-state index in [4.69, 9.17) is 0 Å². The smallest absolute Gasteiger partial charge is 0.0545 e. The molecule has 5 atom stereocenters. The topological polar surface area (TPSA) is 20.2 Å². The minimum atomic E-state index is 0.0249. The molecule has 72 valence electrons. The summed E-state index contributed by atoms with van der Waals surface area (Å²) in [4.78, 5) is 0. The molecule has 3 aliphatic carbocycles. The van der Waals surface area contributed by atoms with Gasteiger partial charge in [-0.2, -0.15) is 0 Å². The Morgan fingerprint density at radius 3 is 2.92 bits per heavy atom. The lowest BCUT2D eigenvalue weighted by Crippen LogP contribution is -2.12. The predicted octanol–water partition coefficient (Wildman–Crippen LogP) is 2.36. The zero-order valence-corrected chi connectivity index (χ0v) is 8.24. The summed E-state index contributed by atoms with van der Waals surface area (Å²) in [5.41, 5.74) is 1.59. The van der Waals surface area contributed by atoms with Crippen LogP contribution in [0.3, 0.4) is 0 Å². The Balaban J connectivity index is 1.81. The fourth-order valence-electron chi connectivity index (χ4n) is 4.06. The van der Waals surface area contributed by atoms with E-state index in [0.717, 1.165) is 36.5 Å². The predicted molar refractivity (Wildman–Crippen MR) is 52.2 cm³/mol. The highest BCUT2D eigenvalue weighted by atomic mass is 16.3. The van der Waals surface area contributed by atoms with E-state index in [1.807, 2.05) is 0 Å². The maximum Gasteiger partial charge on any atom is 0.0545 e. The molecule has 3 rings (SSSR count). The van der Waals surface area contributed by atoms with Gasteiger partial charge in [0.2, 0.25) is 0 Å².